The minimum atomic E-state index is -4.41. The maximum atomic E-state index is 12.6. The Hall–Kier alpha value is -3.17. The molecular formula is C18H17F3N6O. The summed E-state index contributed by atoms with van der Waals surface area (Å²) in [5, 5.41) is 10.5. The van der Waals surface area contributed by atoms with Crippen LogP contribution in [0, 0.1) is 0 Å². The number of aromatic amines is 1. The Bertz CT molecular complexity index is 977. The highest BCUT2D eigenvalue weighted by Crippen LogP contribution is 2.29. The van der Waals surface area contributed by atoms with Crippen molar-refractivity contribution < 1.29 is 18.0 Å². The number of halogens is 3. The Kier molecular flexibility index (Phi) is 4.62. The number of nitrogens with zero attached hydrogens (tertiary/aromatic N) is 4. The maximum absolute atomic E-state index is 12.6. The lowest BCUT2D eigenvalue weighted by atomic mass is 10.0. The predicted octanol–water partition coefficient (Wildman–Crippen LogP) is 2.77. The van der Waals surface area contributed by atoms with Gasteiger partial charge in [0.05, 0.1) is 17.1 Å². The SMILES string of the molecule is O=C(NC1CCN(c2ncnc3[nH]ncc23)CC1)c1ccc(C(F)(F)F)cc1. The molecule has 10 heteroatoms. The van der Waals surface area contributed by atoms with Crippen LogP contribution in [-0.2, 0) is 6.18 Å². The molecule has 1 aliphatic heterocycles. The summed E-state index contributed by atoms with van der Waals surface area (Å²) >= 11 is 0. The fourth-order valence-corrected chi connectivity index (χ4v) is 3.32. The first-order valence-electron chi connectivity index (χ1n) is 8.79. The van der Waals surface area contributed by atoms with Gasteiger partial charge in [-0.3, -0.25) is 9.89 Å². The zero-order valence-electron chi connectivity index (χ0n) is 14.7. The van der Waals surface area contributed by atoms with Gasteiger partial charge < -0.3 is 10.2 Å². The van der Waals surface area contributed by atoms with E-state index in [4.69, 9.17) is 0 Å². The third-order valence-corrected chi connectivity index (χ3v) is 4.83. The molecule has 0 atom stereocenters. The number of piperidine rings is 1. The fraction of sp³-hybridized carbons (Fsp3) is 0.333. The Morgan fingerprint density at radius 1 is 1.14 bits per heavy atom. The number of alkyl halides is 3. The molecule has 0 saturated carbocycles. The first kappa shape index (κ1) is 18.2. The van der Waals surface area contributed by atoms with E-state index >= 15 is 0 Å². The number of amides is 1. The Morgan fingerprint density at radius 2 is 1.86 bits per heavy atom. The second-order valence-electron chi connectivity index (χ2n) is 6.64. The summed E-state index contributed by atoms with van der Waals surface area (Å²) < 4.78 is 37.9. The third kappa shape index (κ3) is 3.62. The molecule has 1 amide bonds. The van der Waals surface area contributed by atoms with Gasteiger partial charge in [-0.05, 0) is 37.1 Å². The molecule has 0 radical (unpaired) electrons. The van der Waals surface area contributed by atoms with Gasteiger partial charge in [-0.25, -0.2) is 9.97 Å². The Labute approximate surface area is 158 Å². The molecule has 0 bridgehead atoms. The van der Waals surface area contributed by atoms with Crippen molar-refractivity contribution in [2.24, 2.45) is 0 Å². The number of carbonyl (C=O) groups excluding carboxylic acids is 1. The largest absolute Gasteiger partial charge is 0.416 e. The molecule has 0 unspecified atom stereocenters. The predicted molar refractivity (Wildman–Crippen MR) is 95.8 cm³/mol. The Balaban J connectivity index is 1.36. The molecule has 0 aliphatic carbocycles. The number of benzene rings is 1. The molecule has 1 fully saturated rings. The van der Waals surface area contributed by atoms with E-state index in [1.54, 1.807) is 6.20 Å². The maximum Gasteiger partial charge on any atom is 0.416 e. The molecule has 7 nitrogen and oxygen atoms in total. The van der Waals surface area contributed by atoms with E-state index in [-0.39, 0.29) is 17.5 Å². The van der Waals surface area contributed by atoms with Gasteiger partial charge in [0.1, 0.15) is 12.1 Å². The van der Waals surface area contributed by atoms with Gasteiger partial charge in [-0.2, -0.15) is 18.3 Å². The third-order valence-electron chi connectivity index (χ3n) is 4.83. The molecule has 4 rings (SSSR count). The summed E-state index contributed by atoms with van der Waals surface area (Å²) in [5.74, 6) is 0.428. The molecule has 1 aliphatic rings. The van der Waals surface area contributed by atoms with Crippen LogP contribution in [0.1, 0.15) is 28.8 Å². The zero-order valence-corrected chi connectivity index (χ0v) is 14.7. The standard InChI is InChI=1S/C18H17F3N6O/c19-18(20,21)12-3-1-11(2-4-12)17(28)25-13-5-7-27(8-6-13)16-14-9-24-26-15(14)22-10-23-16/h1-4,9-10,13H,5-8H2,(H,25,28)(H,22,23,24,26). The topological polar surface area (TPSA) is 86.8 Å². The lowest BCUT2D eigenvalue weighted by molar-refractivity contribution is -0.137. The lowest BCUT2D eigenvalue weighted by Gasteiger charge is -2.33. The van der Waals surface area contributed by atoms with Crippen molar-refractivity contribution in [1.82, 2.24) is 25.5 Å². The second kappa shape index (κ2) is 7.10. The first-order chi connectivity index (χ1) is 13.4. The number of aromatic nitrogens is 4. The number of rotatable bonds is 3. The van der Waals surface area contributed by atoms with E-state index in [0.717, 1.165) is 23.3 Å². The normalized spacial score (nSPS) is 15.8. The first-order valence-corrected chi connectivity index (χ1v) is 8.79. The fourth-order valence-electron chi connectivity index (χ4n) is 3.32. The molecule has 3 aromatic rings. The average molecular weight is 390 g/mol. The monoisotopic (exact) mass is 390 g/mol. The van der Waals surface area contributed by atoms with Crippen LogP contribution in [0.2, 0.25) is 0 Å². The average Bonchev–Trinajstić information content (AvgIpc) is 3.17. The molecule has 3 heterocycles. The van der Waals surface area contributed by atoms with E-state index in [9.17, 15) is 18.0 Å². The van der Waals surface area contributed by atoms with E-state index in [2.05, 4.69) is 30.4 Å². The molecule has 1 saturated heterocycles. The molecule has 2 N–H and O–H groups in total. The van der Waals surface area contributed by atoms with E-state index < -0.39 is 11.7 Å². The van der Waals surface area contributed by atoms with Crippen molar-refractivity contribution in [2.75, 3.05) is 18.0 Å². The number of hydrogen-bond acceptors (Lipinski definition) is 5. The number of carbonyl (C=O) groups is 1. The summed E-state index contributed by atoms with van der Waals surface area (Å²) in [7, 11) is 0. The zero-order chi connectivity index (χ0) is 19.7. The lowest BCUT2D eigenvalue weighted by Crippen LogP contribution is -2.45. The molecule has 2 aromatic heterocycles. The number of nitrogens with one attached hydrogen (secondary N) is 2. The quantitative estimate of drug-likeness (QED) is 0.718. The molecular weight excluding hydrogens is 373 g/mol. The minimum Gasteiger partial charge on any atom is -0.356 e. The van der Waals surface area contributed by atoms with E-state index in [0.29, 0.717) is 31.6 Å². The van der Waals surface area contributed by atoms with Crippen LogP contribution >= 0.6 is 0 Å². The van der Waals surface area contributed by atoms with E-state index in [1.165, 1.54) is 18.5 Å². The molecule has 1 aromatic carbocycles. The highest BCUT2D eigenvalue weighted by atomic mass is 19.4. The highest BCUT2D eigenvalue weighted by Gasteiger charge is 2.30. The van der Waals surface area contributed by atoms with Gasteiger partial charge in [-0.15, -0.1) is 0 Å². The minimum absolute atomic E-state index is 0.0484. The van der Waals surface area contributed by atoms with Gasteiger partial charge >= 0.3 is 6.18 Å². The van der Waals surface area contributed by atoms with Crippen molar-refractivity contribution in [1.29, 1.82) is 0 Å². The highest BCUT2D eigenvalue weighted by molar-refractivity contribution is 5.94. The van der Waals surface area contributed by atoms with Crippen LogP contribution in [0.25, 0.3) is 11.0 Å². The van der Waals surface area contributed by atoms with Crippen molar-refractivity contribution in [3.05, 3.63) is 47.9 Å². The molecule has 28 heavy (non-hydrogen) atoms. The summed E-state index contributed by atoms with van der Waals surface area (Å²) in [6, 6.07) is 4.19. The number of fused-ring (bicyclic) bond motifs is 1. The van der Waals surface area contributed by atoms with Crippen LogP contribution in [-0.4, -0.2) is 45.2 Å². The summed E-state index contributed by atoms with van der Waals surface area (Å²) in [5.41, 5.74) is 0.113. The molecule has 146 valence electrons. The van der Waals surface area contributed by atoms with Gasteiger partial charge in [-0.1, -0.05) is 0 Å². The summed E-state index contributed by atoms with van der Waals surface area (Å²) in [4.78, 5) is 22.9. The van der Waals surface area contributed by atoms with Gasteiger partial charge in [0.2, 0.25) is 0 Å². The smallest absolute Gasteiger partial charge is 0.356 e. The Morgan fingerprint density at radius 3 is 2.54 bits per heavy atom. The molecule has 0 spiro atoms. The van der Waals surface area contributed by atoms with Crippen LogP contribution in [0.5, 0.6) is 0 Å². The summed E-state index contributed by atoms with van der Waals surface area (Å²) in [6.07, 6.45) is 0.159. The van der Waals surface area contributed by atoms with Crippen molar-refractivity contribution in [3.63, 3.8) is 0 Å². The van der Waals surface area contributed by atoms with Crippen molar-refractivity contribution >= 4 is 22.8 Å². The number of hydrogen-bond donors (Lipinski definition) is 2. The van der Waals surface area contributed by atoms with Gasteiger partial charge in [0, 0.05) is 24.7 Å². The van der Waals surface area contributed by atoms with E-state index in [1.807, 2.05) is 0 Å². The van der Waals surface area contributed by atoms with Crippen molar-refractivity contribution in [3.8, 4) is 0 Å². The second-order valence-corrected chi connectivity index (χ2v) is 6.64. The number of H-pyrrole nitrogens is 1. The van der Waals surface area contributed by atoms with Crippen molar-refractivity contribution in [2.45, 2.75) is 25.1 Å². The van der Waals surface area contributed by atoms with Crippen LogP contribution in [0.15, 0.2) is 36.8 Å². The van der Waals surface area contributed by atoms with Gasteiger partial charge in [0.25, 0.3) is 5.91 Å². The number of anilines is 1. The van der Waals surface area contributed by atoms with Crippen LogP contribution in [0.4, 0.5) is 19.0 Å². The van der Waals surface area contributed by atoms with Crippen LogP contribution < -0.4 is 10.2 Å². The van der Waals surface area contributed by atoms with Crippen LogP contribution in [0.3, 0.4) is 0 Å². The summed E-state index contributed by atoms with van der Waals surface area (Å²) in [6.45, 7) is 1.38. The van der Waals surface area contributed by atoms with Gasteiger partial charge in [0.15, 0.2) is 5.65 Å².